The molecule has 0 saturated heterocycles. The van der Waals surface area contributed by atoms with Crippen LogP contribution in [0.5, 0.6) is 0 Å². The van der Waals surface area contributed by atoms with Crippen molar-refractivity contribution in [1.29, 1.82) is 5.26 Å². The Balaban J connectivity index is 1.65. The molecule has 29 heavy (non-hydrogen) atoms. The van der Waals surface area contributed by atoms with E-state index < -0.39 is 10.0 Å². The lowest BCUT2D eigenvalue weighted by atomic mass is 9.96. The molecule has 0 saturated carbocycles. The maximum atomic E-state index is 12.8. The lowest BCUT2D eigenvalue weighted by Gasteiger charge is -2.36. The van der Waals surface area contributed by atoms with Gasteiger partial charge in [-0.15, -0.1) is 0 Å². The van der Waals surface area contributed by atoms with Crippen molar-refractivity contribution in [3.63, 3.8) is 0 Å². The highest BCUT2D eigenvalue weighted by atomic mass is 32.2. The van der Waals surface area contributed by atoms with Gasteiger partial charge in [-0.1, -0.05) is 0 Å². The highest BCUT2D eigenvalue weighted by Gasteiger charge is 2.29. The van der Waals surface area contributed by atoms with Crippen LogP contribution in [0.15, 0.2) is 60.1 Å². The largest absolute Gasteiger partial charge is 0.364 e. The summed E-state index contributed by atoms with van der Waals surface area (Å²) in [6, 6.07) is 10.3. The molecule has 1 aromatic carbocycles. The van der Waals surface area contributed by atoms with Crippen molar-refractivity contribution in [1.82, 2.24) is 19.3 Å². The quantitative estimate of drug-likeness (QED) is 0.688. The maximum Gasteiger partial charge on any atom is 0.240 e. The van der Waals surface area contributed by atoms with E-state index in [-0.39, 0.29) is 10.9 Å². The van der Waals surface area contributed by atoms with Crippen molar-refractivity contribution >= 4 is 15.7 Å². The first-order chi connectivity index (χ1) is 14.0. The molecule has 148 valence electrons. The summed E-state index contributed by atoms with van der Waals surface area (Å²) >= 11 is 0. The van der Waals surface area contributed by atoms with E-state index in [0.717, 1.165) is 16.9 Å². The van der Waals surface area contributed by atoms with Crippen LogP contribution in [-0.4, -0.2) is 35.5 Å². The fraction of sp³-hybridized carbons (Fsp3) is 0.250. The molecule has 0 bridgehead atoms. The second kappa shape index (κ2) is 7.66. The van der Waals surface area contributed by atoms with Crippen molar-refractivity contribution in [2.24, 2.45) is 7.05 Å². The Morgan fingerprint density at radius 2 is 2.03 bits per heavy atom. The molecule has 0 amide bonds. The van der Waals surface area contributed by atoms with E-state index in [4.69, 9.17) is 0 Å². The lowest BCUT2D eigenvalue weighted by molar-refractivity contribution is 0.522. The summed E-state index contributed by atoms with van der Waals surface area (Å²) in [5, 5.41) is 9.26. The first-order valence-corrected chi connectivity index (χ1v) is 10.6. The van der Waals surface area contributed by atoms with Crippen LogP contribution >= 0.6 is 0 Å². The molecule has 0 aliphatic carbocycles. The van der Waals surface area contributed by atoms with Gasteiger partial charge in [-0.3, -0.25) is 4.98 Å². The third kappa shape index (κ3) is 3.99. The minimum Gasteiger partial charge on any atom is -0.364 e. The topological polar surface area (TPSA) is 104 Å². The molecule has 2 aromatic heterocycles. The van der Waals surface area contributed by atoms with Crippen LogP contribution in [-0.2, 0) is 30.0 Å². The van der Waals surface area contributed by atoms with E-state index in [1.807, 2.05) is 23.7 Å². The summed E-state index contributed by atoms with van der Waals surface area (Å²) in [4.78, 5) is 10.3. The first-order valence-electron chi connectivity index (χ1n) is 9.12. The molecule has 3 heterocycles. The number of nitrogens with zero attached hydrogens (tertiary/aromatic N) is 5. The van der Waals surface area contributed by atoms with Crippen LogP contribution in [0.4, 0.5) is 5.69 Å². The molecule has 1 N–H and O–H groups in total. The molecule has 1 aliphatic heterocycles. The van der Waals surface area contributed by atoms with Crippen LogP contribution in [0.25, 0.3) is 0 Å². The minimum absolute atomic E-state index is 0.183. The Morgan fingerprint density at radius 1 is 1.24 bits per heavy atom. The summed E-state index contributed by atoms with van der Waals surface area (Å²) in [6.45, 7) is 1.09. The number of pyridine rings is 1. The number of nitrogens with one attached hydrogen (secondary N) is 1. The molecule has 1 aliphatic rings. The SMILES string of the molecule is Cn1cncc1CN1CC(NS(=O)(=O)c2ccncc2)Cc2cc(C#N)ccc21. The molecule has 1 unspecified atom stereocenters. The van der Waals surface area contributed by atoms with Gasteiger partial charge in [-0.25, -0.2) is 18.1 Å². The Morgan fingerprint density at radius 3 is 2.72 bits per heavy atom. The lowest BCUT2D eigenvalue weighted by Crippen LogP contribution is -2.48. The number of aromatic nitrogens is 3. The van der Waals surface area contributed by atoms with Crippen molar-refractivity contribution in [3.8, 4) is 6.07 Å². The average molecular weight is 408 g/mol. The van der Waals surface area contributed by atoms with E-state index >= 15 is 0 Å². The number of benzene rings is 1. The van der Waals surface area contributed by atoms with Crippen molar-refractivity contribution in [3.05, 3.63) is 72.1 Å². The number of nitriles is 1. The number of hydrogen-bond donors (Lipinski definition) is 1. The summed E-state index contributed by atoms with van der Waals surface area (Å²) < 4.78 is 30.3. The molecule has 8 nitrogen and oxygen atoms in total. The number of rotatable bonds is 5. The molecule has 3 aromatic rings. The molecule has 0 spiro atoms. The fourth-order valence-corrected chi connectivity index (χ4v) is 4.80. The molecule has 0 fully saturated rings. The first kappa shape index (κ1) is 19.1. The zero-order chi connectivity index (χ0) is 20.4. The number of fused-ring (bicyclic) bond motifs is 1. The predicted octanol–water partition coefficient (Wildman–Crippen LogP) is 1.60. The summed E-state index contributed by atoms with van der Waals surface area (Å²) in [5.41, 5.74) is 3.52. The Labute approximate surface area is 169 Å². The number of aryl methyl sites for hydroxylation is 1. The summed E-state index contributed by atoms with van der Waals surface area (Å²) in [5.74, 6) is 0. The van der Waals surface area contributed by atoms with Gasteiger partial charge in [0.25, 0.3) is 0 Å². The van der Waals surface area contributed by atoms with Gasteiger partial charge in [0.15, 0.2) is 0 Å². The van der Waals surface area contributed by atoms with Crippen molar-refractivity contribution in [2.75, 3.05) is 11.4 Å². The van der Waals surface area contributed by atoms with E-state index in [9.17, 15) is 13.7 Å². The normalized spacial score (nSPS) is 16.3. The molecule has 9 heteroatoms. The van der Waals surface area contributed by atoms with Gasteiger partial charge in [0, 0.05) is 43.9 Å². The number of hydrogen-bond acceptors (Lipinski definition) is 6. The van der Waals surface area contributed by atoms with Gasteiger partial charge in [-0.05, 0) is 42.3 Å². The number of imidazole rings is 1. The third-order valence-corrected chi connectivity index (χ3v) is 6.54. The van der Waals surface area contributed by atoms with Crippen LogP contribution in [0.1, 0.15) is 16.8 Å². The average Bonchev–Trinajstić information content (AvgIpc) is 3.12. The van der Waals surface area contributed by atoms with Gasteiger partial charge in [0.1, 0.15) is 0 Å². The zero-order valence-electron chi connectivity index (χ0n) is 15.9. The minimum atomic E-state index is -3.67. The second-order valence-corrected chi connectivity index (χ2v) is 8.75. The van der Waals surface area contributed by atoms with E-state index in [1.165, 1.54) is 24.5 Å². The molecule has 0 radical (unpaired) electrons. The van der Waals surface area contributed by atoms with Crippen LogP contribution in [0.2, 0.25) is 0 Å². The summed E-state index contributed by atoms with van der Waals surface area (Å²) in [6.07, 6.45) is 6.96. The van der Waals surface area contributed by atoms with Crippen LogP contribution < -0.4 is 9.62 Å². The number of anilines is 1. The number of sulfonamides is 1. The predicted molar refractivity (Wildman–Crippen MR) is 107 cm³/mol. The smallest absolute Gasteiger partial charge is 0.240 e. The Bertz CT molecular complexity index is 1170. The molecule has 4 rings (SSSR count). The monoisotopic (exact) mass is 408 g/mol. The van der Waals surface area contributed by atoms with E-state index in [0.29, 0.717) is 25.1 Å². The summed E-state index contributed by atoms with van der Waals surface area (Å²) in [7, 11) is -1.74. The highest BCUT2D eigenvalue weighted by molar-refractivity contribution is 7.89. The van der Waals surface area contributed by atoms with Gasteiger partial charge in [0.05, 0.1) is 35.1 Å². The van der Waals surface area contributed by atoms with Gasteiger partial charge in [0.2, 0.25) is 10.0 Å². The second-order valence-electron chi connectivity index (χ2n) is 7.04. The Hall–Kier alpha value is -3.22. The third-order valence-electron chi connectivity index (χ3n) is 5.01. The van der Waals surface area contributed by atoms with E-state index in [1.54, 1.807) is 18.6 Å². The standard InChI is InChI=1S/C20H20N6O2S/c1-25-14-23-11-18(25)13-26-12-17(9-16-8-15(10-21)2-3-20(16)26)24-29(27,28)19-4-6-22-7-5-19/h2-8,11,14,17,24H,9,12-13H2,1H3. The van der Waals surface area contributed by atoms with Crippen molar-refractivity contribution < 1.29 is 8.42 Å². The molecular formula is C20H20N6O2S. The van der Waals surface area contributed by atoms with Gasteiger partial charge >= 0.3 is 0 Å². The maximum absolute atomic E-state index is 12.8. The Kier molecular flexibility index (Phi) is 5.05. The van der Waals surface area contributed by atoms with Crippen LogP contribution in [0.3, 0.4) is 0 Å². The molecule has 1 atom stereocenters. The van der Waals surface area contributed by atoms with Gasteiger partial charge in [-0.2, -0.15) is 5.26 Å². The van der Waals surface area contributed by atoms with Gasteiger partial charge < -0.3 is 9.47 Å². The fourth-order valence-electron chi connectivity index (χ4n) is 3.59. The van der Waals surface area contributed by atoms with Crippen molar-refractivity contribution in [2.45, 2.75) is 23.9 Å². The van der Waals surface area contributed by atoms with Crippen LogP contribution in [0, 0.1) is 11.3 Å². The molecular weight excluding hydrogens is 388 g/mol. The van der Waals surface area contributed by atoms with E-state index in [2.05, 4.69) is 25.7 Å². The zero-order valence-corrected chi connectivity index (χ0v) is 16.7. The highest BCUT2D eigenvalue weighted by Crippen LogP contribution is 2.30.